The van der Waals surface area contributed by atoms with E-state index in [-0.39, 0.29) is 18.4 Å². The van der Waals surface area contributed by atoms with Crippen molar-refractivity contribution >= 4 is 23.7 Å². The van der Waals surface area contributed by atoms with Gasteiger partial charge in [-0.05, 0) is 66.6 Å². The van der Waals surface area contributed by atoms with Crippen LogP contribution in [-0.2, 0) is 4.79 Å². The van der Waals surface area contributed by atoms with E-state index in [1.165, 1.54) is 6.21 Å². The van der Waals surface area contributed by atoms with Gasteiger partial charge in [-0.15, -0.1) is 0 Å². The molecule has 29 heavy (non-hydrogen) atoms. The minimum atomic E-state index is -0.316. The third-order valence-corrected chi connectivity index (χ3v) is 3.87. The summed E-state index contributed by atoms with van der Waals surface area (Å²) in [5.41, 5.74) is 5.50. The first-order valence-corrected chi connectivity index (χ1v) is 8.93. The number of ether oxygens (including phenoxy) is 1. The summed E-state index contributed by atoms with van der Waals surface area (Å²) in [6.07, 6.45) is 4.60. The summed E-state index contributed by atoms with van der Waals surface area (Å²) in [5.74, 6) is 0.00523. The predicted molar refractivity (Wildman–Crippen MR) is 111 cm³/mol. The second-order valence-electron chi connectivity index (χ2n) is 6.21. The van der Waals surface area contributed by atoms with E-state index in [1.54, 1.807) is 48.8 Å². The van der Waals surface area contributed by atoms with Gasteiger partial charge < -0.3 is 10.1 Å². The number of amides is 2. The summed E-state index contributed by atoms with van der Waals surface area (Å²) < 4.78 is 5.49. The largest absolute Gasteiger partial charge is 0.484 e. The van der Waals surface area contributed by atoms with Crippen molar-refractivity contribution in [3.63, 3.8) is 0 Å². The summed E-state index contributed by atoms with van der Waals surface area (Å²) in [7, 11) is 0. The number of carbonyl (C=O) groups is 2. The fourth-order valence-corrected chi connectivity index (χ4v) is 2.45. The molecule has 0 bridgehead atoms. The number of nitrogens with zero attached hydrogens (tertiary/aromatic N) is 2. The number of aromatic nitrogens is 1. The highest BCUT2D eigenvalue weighted by molar-refractivity contribution is 5.94. The zero-order valence-corrected chi connectivity index (χ0v) is 15.8. The number of anilines is 1. The first-order chi connectivity index (χ1) is 14.1. The number of hydrogen-bond acceptors (Lipinski definition) is 5. The molecule has 1 aromatic heterocycles. The van der Waals surface area contributed by atoms with Gasteiger partial charge in [0.2, 0.25) is 0 Å². The monoisotopic (exact) mass is 388 g/mol. The molecular weight excluding hydrogens is 368 g/mol. The highest BCUT2D eigenvalue weighted by Crippen LogP contribution is 2.12. The molecule has 0 unspecified atom stereocenters. The maximum absolute atomic E-state index is 12.0. The normalized spacial score (nSPS) is 10.5. The summed E-state index contributed by atoms with van der Waals surface area (Å²) in [5, 5.41) is 6.71. The van der Waals surface area contributed by atoms with Crippen LogP contribution in [0.1, 0.15) is 21.5 Å². The molecule has 0 spiro atoms. The number of nitrogens with one attached hydrogen (secondary N) is 2. The van der Waals surface area contributed by atoms with Gasteiger partial charge >= 0.3 is 0 Å². The Kier molecular flexibility index (Phi) is 6.67. The van der Waals surface area contributed by atoms with Crippen molar-refractivity contribution in [3.05, 3.63) is 89.7 Å². The Balaban J connectivity index is 1.46. The average Bonchev–Trinajstić information content (AvgIpc) is 2.74. The lowest BCUT2D eigenvalue weighted by molar-refractivity contribution is -0.118. The van der Waals surface area contributed by atoms with Gasteiger partial charge in [0.1, 0.15) is 5.75 Å². The molecule has 7 heteroatoms. The Morgan fingerprint density at radius 1 is 1.07 bits per heavy atom. The second-order valence-corrected chi connectivity index (χ2v) is 6.21. The van der Waals surface area contributed by atoms with Crippen molar-refractivity contribution in [3.8, 4) is 5.75 Å². The van der Waals surface area contributed by atoms with Crippen LogP contribution in [0, 0.1) is 6.92 Å². The Bertz CT molecular complexity index is 1000. The summed E-state index contributed by atoms with van der Waals surface area (Å²) >= 11 is 0. The molecule has 0 saturated heterocycles. The smallest absolute Gasteiger partial charge is 0.271 e. The molecule has 0 atom stereocenters. The maximum atomic E-state index is 12.0. The number of rotatable bonds is 7. The van der Waals surface area contributed by atoms with Crippen LogP contribution < -0.4 is 15.5 Å². The van der Waals surface area contributed by atoms with E-state index in [0.717, 1.165) is 16.8 Å². The molecule has 146 valence electrons. The number of benzene rings is 2. The molecule has 3 rings (SSSR count). The average molecular weight is 388 g/mol. The van der Waals surface area contributed by atoms with Gasteiger partial charge in [-0.25, -0.2) is 5.43 Å². The first-order valence-electron chi connectivity index (χ1n) is 8.93. The van der Waals surface area contributed by atoms with Crippen molar-refractivity contribution in [2.75, 3.05) is 11.9 Å². The van der Waals surface area contributed by atoms with Crippen molar-refractivity contribution < 1.29 is 14.3 Å². The third-order valence-electron chi connectivity index (χ3n) is 3.87. The van der Waals surface area contributed by atoms with E-state index < -0.39 is 0 Å². The number of hydrazone groups is 1. The highest BCUT2D eigenvalue weighted by atomic mass is 16.5. The van der Waals surface area contributed by atoms with Gasteiger partial charge in [0.25, 0.3) is 11.8 Å². The van der Waals surface area contributed by atoms with Crippen molar-refractivity contribution in [1.82, 2.24) is 10.4 Å². The van der Waals surface area contributed by atoms with Crippen LogP contribution in [0.3, 0.4) is 0 Å². The zero-order chi connectivity index (χ0) is 20.5. The lowest BCUT2D eigenvalue weighted by Crippen LogP contribution is -2.20. The van der Waals surface area contributed by atoms with Crippen molar-refractivity contribution in [2.24, 2.45) is 5.10 Å². The standard InChI is InChI=1S/C22H20N4O3/c1-16-3-2-4-19(13-16)25-21(27)15-29-20-7-5-17(6-8-20)14-24-26-22(28)18-9-11-23-12-10-18/h2-14H,15H2,1H3,(H,25,27)(H,26,28)/b24-14+. The minimum absolute atomic E-state index is 0.0939. The molecule has 0 aliphatic rings. The molecule has 0 radical (unpaired) electrons. The van der Waals surface area contributed by atoms with E-state index in [9.17, 15) is 9.59 Å². The van der Waals surface area contributed by atoms with Crippen molar-refractivity contribution in [1.29, 1.82) is 0 Å². The molecule has 0 saturated carbocycles. The topological polar surface area (TPSA) is 92.7 Å². The van der Waals surface area contributed by atoms with Gasteiger partial charge in [-0.1, -0.05) is 12.1 Å². The van der Waals surface area contributed by atoms with Gasteiger partial charge in [-0.2, -0.15) is 5.10 Å². The Morgan fingerprint density at radius 2 is 1.83 bits per heavy atom. The van der Waals surface area contributed by atoms with Crippen LogP contribution in [-0.4, -0.2) is 29.6 Å². The van der Waals surface area contributed by atoms with Crippen LogP contribution in [0.2, 0.25) is 0 Å². The van der Waals surface area contributed by atoms with Crippen LogP contribution >= 0.6 is 0 Å². The quantitative estimate of drug-likeness (QED) is 0.480. The zero-order valence-electron chi connectivity index (χ0n) is 15.8. The predicted octanol–water partition coefficient (Wildman–Crippen LogP) is 3.17. The molecule has 2 aromatic carbocycles. The van der Waals surface area contributed by atoms with E-state index in [4.69, 9.17) is 4.74 Å². The summed E-state index contributed by atoms with van der Waals surface area (Å²) in [4.78, 5) is 27.7. The van der Waals surface area contributed by atoms with Crippen LogP contribution in [0.25, 0.3) is 0 Å². The van der Waals surface area contributed by atoms with E-state index in [1.807, 2.05) is 31.2 Å². The van der Waals surface area contributed by atoms with Gasteiger partial charge in [0, 0.05) is 23.6 Å². The fraction of sp³-hybridized carbons (Fsp3) is 0.0909. The Morgan fingerprint density at radius 3 is 2.55 bits per heavy atom. The molecule has 1 heterocycles. The molecule has 7 nitrogen and oxygen atoms in total. The van der Waals surface area contributed by atoms with Gasteiger partial charge in [0.15, 0.2) is 6.61 Å². The highest BCUT2D eigenvalue weighted by Gasteiger charge is 2.04. The summed E-state index contributed by atoms with van der Waals surface area (Å²) in [6, 6.07) is 17.8. The molecule has 2 amide bonds. The van der Waals surface area contributed by atoms with Crippen molar-refractivity contribution in [2.45, 2.75) is 6.92 Å². The third kappa shape index (κ3) is 6.28. The molecule has 3 aromatic rings. The van der Waals surface area contributed by atoms with Gasteiger partial charge in [0.05, 0.1) is 6.21 Å². The van der Waals surface area contributed by atoms with Crippen LogP contribution in [0.5, 0.6) is 5.75 Å². The lowest BCUT2D eigenvalue weighted by Gasteiger charge is -2.08. The van der Waals surface area contributed by atoms with E-state index in [0.29, 0.717) is 11.3 Å². The minimum Gasteiger partial charge on any atom is -0.484 e. The number of carbonyl (C=O) groups excluding carboxylic acids is 2. The van der Waals surface area contributed by atoms with Crippen LogP contribution in [0.4, 0.5) is 5.69 Å². The number of pyridine rings is 1. The van der Waals surface area contributed by atoms with Gasteiger partial charge in [-0.3, -0.25) is 14.6 Å². The SMILES string of the molecule is Cc1cccc(NC(=O)COc2ccc(/C=N/NC(=O)c3ccncc3)cc2)c1. The molecule has 0 aliphatic heterocycles. The molecule has 0 fully saturated rings. The fourth-order valence-electron chi connectivity index (χ4n) is 2.45. The number of aryl methyl sites for hydroxylation is 1. The first kappa shape index (κ1) is 19.8. The Labute approximate surface area is 168 Å². The van der Waals surface area contributed by atoms with Crippen LogP contribution in [0.15, 0.2) is 78.2 Å². The lowest BCUT2D eigenvalue weighted by atomic mass is 10.2. The van der Waals surface area contributed by atoms with E-state index >= 15 is 0 Å². The molecule has 2 N–H and O–H groups in total. The van der Waals surface area contributed by atoms with E-state index in [2.05, 4.69) is 20.8 Å². The molecule has 0 aliphatic carbocycles. The molecular formula is C22H20N4O3. The summed E-state index contributed by atoms with van der Waals surface area (Å²) in [6.45, 7) is 1.87. The maximum Gasteiger partial charge on any atom is 0.271 e. The number of hydrogen-bond donors (Lipinski definition) is 2. The Hall–Kier alpha value is -4.00. The second kappa shape index (κ2) is 9.80.